The van der Waals surface area contributed by atoms with Gasteiger partial charge in [0.25, 0.3) is 0 Å². The Morgan fingerprint density at radius 2 is 1.84 bits per heavy atom. The fraction of sp³-hybridized carbons (Fsp3) is 0.400. The number of methoxy groups -OCH3 is 1. The van der Waals surface area contributed by atoms with Crippen LogP contribution in [0, 0.1) is 0 Å². The highest BCUT2D eigenvalue weighted by molar-refractivity contribution is 6.03. The molecule has 1 saturated carbocycles. The van der Waals surface area contributed by atoms with Crippen molar-refractivity contribution in [3.8, 4) is 17.0 Å². The Kier molecular flexibility index (Phi) is 7.63. The summed E-state index contributed by atoms with van der Waals surface area (Å²) >= 11 is 0. The second kappa shape index (κ2) is 11.4. The molecule has 0 amide bonds. The van der Waals surface area contributed by atoms with Gasteiger partial charge in [0.05, 0.1) is 42.9 Å². The summed E-state index contributed by atoms with van der Waals surface area (Å²) in [6.45, 7) is 6.55. The van der Waals surface area contributed by atoms with Gasteiger partial charge in [-0.05, 0) is 84.7 Å². The van der Waals surface area contributed by atoms with Crippen molar-refractivity contribution in [3.63, 3.8) is 0 Å². The number of carbonyl (C=O) groups is 2. The van der Waals surface area contributed by atoms with Crippen LogP contribution in [0.5, 0.6) is 5.75 Å². The van der Waals surface area contributed by atoms with Crippen molar-refractivity contribution in [2.45, 2.75) is 71.3 Å². The number of aromatic carboxylic acids is 1. The number of ether oxygens (including phenoxy) is 2. The van der Waals surface area contributed by atoms with Crippen LogP contribution in [0.3, 0.4) is 0 Å². The number of carboxylic acids is 1. The number of rotatable bonds is 7. The van der Waals surface area contributed by atoms with E-state index in [0.717, 1.165) is 51.9 Å². The molecule has 2 aliphatic rings. The van der Waals surface area contributed by atoms with Crippen LogP contribution in [0.2, 0.25) is 0 Å². The predicted molar refractivity (Wildman–Crippen MR) is 168 cm³/mol. The number of allylic oxidation sites excluding steroid dienone is 1. The van der Waals surface area contributed by atoms with Crippen molar-refractivity contribution in [1.82, 2.24) is 14.3 Å². The van der Waals surface area contributed by atoms with E-state index >= 15 is 0 Å². The Balaban J connectivity index is 1.69. The van der Waals surface area contributed by atoms with Gasteiger partial charge in [-0.3, -0.25) is 4.68 Å². The maximum atomic E-state index is 13.5. The average Bonchev–Trinajstić information content (AvgIpc) is 3.46. The molecule has 0 atom stereocenters. The Morgan fingerprint density at radius 3 is 2.51 bits per heavy atom. The zero-order valence-corrected chi connectivity index (χ0v) is 25.6. The monoisotopic (exact) mass is 581 g/mol. The van der Waals surface area contributed by atoms with Gasteiger partial charge < -0.3 is 19.1 Å². The van der Waals surface area contributed by atoms with Crippen molar-refractivity contribution in [3.05, 3.63) is 70.0 Å². The molecule has 3 heterocycles. The molecule has 0 unspecified atom stereocenters. The Labute approximate surface area is 251 Å². The number of fused-ring (bicyclic) bond motifs is 5. The molecule has 4 aromatic rings. The van der Waals surface area contributed by atoms with Crippen molar-refractivity contribution < 1.29 is 24.2 Å². The van der Waals surface area contributed by atoms with Crippen LogP contribution >= 0.6 is 0 Å². The van der Waals surface area contributed by atoms with E-state index in [1.165, 1.54) is 24.8 Å². The lowest BCUT2D eigenvalue weighted by atomic mass is 9.81. The molecule has 2 aromatic carbocycles. The number of aromatic nitrogens is 3. The molecule has 6 rings (SSSR count). The summed E-state index contributed by atoms with van der Waals surface area (Å²) in [7, 11) is 3.53. The number of nitrogens with zero attached hydrogens (tertiary/aromatic N) is 3. The quantitative estimate of drug-likeness (QED) is 0.225. The van der Waals surface area contributed by atoms with Crippen LogP contribution < -0.4 is 4.74 Å². The summed E-state index contributed by atoms with van der Waals surface area (Å²) < 4.78 is 15.3. The first-order valence-corrected chi connectivity index (χ1v) is 15.3. The van der Waals surface area contributed by atoms with E-state index in [2.05, 4.69) is 16.7 Å². The minimum absolute atomic E-state index is 0.0112. The molecule has 0 saturated heterocycles. The highest BCUT2D eigenvalue weighted by Crippen LogP contribution is 2.48. The normalized spacial score (nSPS) is 15.2. The van der Waals surface area contributed by atoms with Gasteiger partial charge >= 0.3 is 11.9 Å². The molecular formula is C35H39N3O5. The Hall–Kier alpha value is -4.33. The topological polar surface area (TPSA) is 95.6 Å². The third-order valence-corrected chi connectivity index (χ3v) is 8.94. The van der Waals surface area contributed by atoms with Gasteiger partial charge in [-0.25, -0.2) is 9.59 Å². The summed E-state index contributed by atoms with van der Waals surface area (Å²) in [5.41, 5.74) is 8.35. The molecule has 1 N–H and O–H groups in total. The third kappa shape index (κ3) is 4.92. The number of benzene rings is 2. The van der Waals surface area contributed by atoms with Crippen molar-refractivity contribution in [2.75, 3.05) is 13.7 Å². The van der Waals surface area contributed by atoms with Gasteiger partial charge in [0.1, 0.15) is 11.3 Å². The maximum Gasteiger partial charge on any atom is 0.342 e. The summed E-state index contributed by atoms with van der Waals surface area (Å²) in [6, 6.07) is 11.6. The van der Waals surface area contributed by atoms with E-state index in [-0.39, 0.29) is 24.1 Å². The van der Waals surface area contributed by atoms with Crippen LogP contribution in [0.4, 0.5) is 0 Å². The van der Waals surface area contributed by atoms with Crippen molar-refractivity contribution in [1.29, 1.82) is 0 Å². The molecular weight excluding hydrogens is 542 g/mol. The third-order valence-electron chi connectivity index (χ3n) is 8.94. The van der Waals surface area contributed by atoms with Crippen molar-refractivity contribution in [2.24, 2.45) is 7.05 Å². The number of carbonyl (C=O) groups excluding carboxylic acids is 1. The van der Waals surface area contributed by atoms with Gasteiger partial charge in [0.15, 0.2) is 0 Å². The molecule has 224 valence electrons. The smallest absolute Gasteiger partial charge is 0.342 e. The lowest BCUT2D eigenvalue weighted by Crippen LogP contribution is -2.12. The molecule has 1 aliphatic carbocycles. The minimum atomic E-state index is -0.955. The Bertz CT molecular complexity index is 1770. The van der Waals surface area contributed by atoms with Crippen LogP contribution in [-0.2, 0) is 18.3 Å². The summed E-state index contributed by atoms with van der Waals surface area (Å²) in [6.07, 6.45) is 7.93. The number of carboxylic acid groups (broad SMARTS) is 1. The van der Waals surface area contributed by atoms with Gasteiger partial charge in [-0.15, -0.1) is 0 Å². The highest BCUT2D eigenvalue weighted by Gasteiger charge is 2.33. The number of esters is 1. The van der Waals surface area contributed by atoms with Gasteiger partial charge in [-0.2, -0.15) is 5.10 Å². The van der Waals surface area contributed by atoms with Crippen LogP contribution in [0.1, 0.15) is 108 Å². The molecule has 2 aromatic heterocycles. The minimum Gasteiger partial charge on any atom is -0.497 e. The van der Waals surface area contributed by atoms with E-state index in [1.807, 2.05) is 46.0 Å². The molecule has 0 radical (unpaired) electrons. The predicted octanol–water partition coefficient (Wildman–Crippen LogP) is 7.65. The molecule has 0 spiro atoms. The largest absolute Gasteiger partial charge is 0.497 e. The van der Waals surface area contributed by atoms with Crippen LogP contribution in [0.15, 0.2) is 36.4 Å². The molecule has 1 fully saturated rings. The second-order valence-electron chi connectivity index (χ2n) is 12.0. The summed E-state index contributed by atoms with van der Waals surface area (Å²) in [5, 5.41) is 15.8. The van der Waals surface area contributed by atoms with Crippen molar-refractivity contribution >= 4 is 34.5 Å². The van der Waals surface area contributed by atoms with Crippen LogP contribution in [0.25, 0.3) is 33.8 Å². The van der Waals surface area contributed by atoms with Gasteiger partial charge in [-0.1, -0.05) is 39.2 Å². The highest BCUT2D eigenvalue weighted by atomic mass is 16.5. The zero-order chi connectivity index (χ0) is 30.4. The molecule has 0 bridgehead atoms. The molecule has 1 aliphatic heterocycles. The van der Waals surface area contributed by atoms with Gasteiger partial charge in [0.2, 0.25) is 0 Å². The van der Waals surface area contributed by atoms with E-state index in [4.69, 9.17) is 14.6 Å². The molecule has 43 heavy (non-hydrogen) atoms. The fourth-order valence-corrected chi connectivity index (χ4v) is 7.04. The van der Waals surface area contributed by atoms with E-state index in [1.54, 1.807) is 23.9 Å². The van der Waals surface area contributed by atoms with E-state index < -0.39 is 5.97 Å². The van der Waals surface area contributed by atoms with Gasteiger partial charge in [0, 0.05) is 23.5 Å². The maximum absolute atomic E-state index is 13.5. The first-order valence-electron chi connectivity index (χ1n) is 15.3. The molecule has 8 nitrogen and oxygen atoms in total. The number of hydrogen-bond donors (Lipinski definition) is 1. The lowest BCUT2D eigenvalue weighted by Gasteiger charge is -2.24. The zero-order valence-electron chi connectivity index (χ0n) is 25.6. The molecule has 8 heteroatoms. The standard InChI is InChI=1S/C35H39N3O5/c1-6-43-35(41)30-31(20(2)3)36-37(4)32(30)24-16-23-17-25(42-5)13-15-26(23)33-29(21-10-8-7-9-11-21)27-14-12-22(34(39)40)18-28(27)38(33)19-24/h12-18,20-21H,6-11,19H2,1-5H3,(H,39,40). The van der Waals surface area contributed by atoms with E-state index in [0.29, 0.717) is 29.4 Å². The summed E-state index contributed by atoms with van der Waals surface area (Å²) in [4.78, 5) is 25.6. The second-order valence-corrected chi connectivity index (χ2v) is 12.0. The first-order chi connectivity index (χ1) is 20.7. The number of hydrogen-bond acceptors (Lipinski definition) is 5. The summed E-state index contributed by atoms with van der Waals surface area (Å²) in [5.74, 6) is -0.219. The lowest BCUT2D eigenvalue weighted by molar-refractivity contribution is 0.0523. The number of aryl methyl sites for hydroxylation is 1. The average molecular weight is 582 g/mol. The van der Waals surface area contributed by atoms with Crippen LogP contribution in [-0.4, -0.2) is 45.1 Å². The first kappa shape index (κ1) is 28.8. The Morgan fingerprint density at radius 1 is 1.07 bits per heavy atom. The fourth-order valence-electron chi connectivity index (χ4n) is 7.04. The SMILES string of the molecule is CCOC(=O)c1c(C(C)C)nn(C)c1C1=Cc2cc(OC)ccc2-c2c(C3CCCCC3)c3ccc(C(=O)O)cc3n2C1. The van der Waals surface area contributed by atoms with E-state index in [9.17, 15) is 14.7 Å².